The molecular weight excluding hydrogens is 339 g/mol. The summed E-state index contributed by atoms with van der Waals surface area (Å²) in [6, 6.07) is 6.41. The van der Waals surface area contributed by atoms with Gasteiger partial charge in [-0.1, -0.05) is 29.3 Å². The lowest BCUT2D eigenvalue weighted by atomic mass is 10.2. The van der Waals surface area contributed by atoms with E-state index in [9.17, 15) is 8.42 Å². The van der Waals surface area contributed by atoms with Crippen molar-refractivity contribution in [2.45, 2.75) is 10.8 Å². The third kappa shape index (κ3) is 3.27. The molecule has 0 spiro atoms. The second kappa shape index (κ2) is 5.91. The maximum absolute atomic E-state index is 12.3. The molecule has 0 bridgehead atoms. The number of sulfonamides is 1. The molecule has 0 saturated heterocycles. The Morgan fingerprint density at radius 2 is 2.00 bits per heavy atom. The number of benzene rings is 1. The Hall–Kier alpha value is -0.790. The van der Waals surface area contributed by atoms with E-state index in [2.05, 4.69) is 0 Å². The number of hydrogen-bond donors (Lipinski definition) is 1. The van der Waals surface area contributed by atoms with Crippen molar-refractivity contribution in [3.8, 4) is 0 Å². The van der Waals surface area contributed by atoms with E-state index in [0.717, 1.165) is 11.3 Å². The lowest BCUT2D eigenvalue weighted by Crippen LogP contribution is -2.25. The Morgan fingerprint density at radius 1 is 1.30 bits per heavy atom. The summed E-state index contributed by atoms with van der Waals surface area (Å²) in [4.78, 5) is 0. The van der Waals surface area contributed by atoms with Gasteiger partial charge in [-0.05, 0) is 23.8 Å². The van der Waals surface area contributed by atoms with Crippen LogP contribution in [0.2, 0.25) is 10.0 Å². The van der Waals surface area contributed by atoms with Crippen molar-refractivity contribution in [1.29, 1.82) is 0 Å². The molecule has 0 aliphatic carbocycles. The van der Waals surface area contributed by atoms with Gasteiger partial charge in [0, 0.05) is 34.7 Å². The number of hydrogen-bond acceptors (Lipinski definition) is 4. The Balaban J connectivity index is 2.25. The number of halogens is 2. The molecule has 0 aliphatic rings. The van der Waals surface area contributed by atoms with Crippen molar-refractivity contribution in [3.63, 3.8) is 0 Å². The highest BCUT2D eigenvalue weighted by Crippen LogP contribution is 2.27. The van der Waals surface area contributed by atoms with Gasteiger partial charge in [-0.25, -0.2) is 8.42 Å². The van der Waals surface area contributed by atoms with E-state index in [-0.39, 0.29) is 10.8 Å². The standard InChI is InChI=1S/C12H12Cl2N2O2S2/c1-16(6-8-2-3-9(13)4-11(8)14)20(17,18)12-5-10(15)7-19-12/h2-5,7H,6,15H2,1H3. The number of nitrogens with zero attached hydrogens (tertiary/aromatic N) is 1. The molecule has 0 fully saturated rings. The van der Waals surface area contributed by atoms with Gasteiger partial charge in [0.15, 0.2) is 0 Å². The van der Waals surface area contributed by atoms with E-state index in [1.54, 1.807) is 23.6 Å². The molecule has 2 rings (SSSR count). The number of nitrogen functional groups attached to an aromatic ring is 1. The zero-order valence-corrected chi connectivity index (χ0v) is 13.7. The summed E-state index contributed by atoms with van der Waals surface area (Å²) in [5.41, 5.74) is 6.68. The largest absolute Gasteiger partial charge is 0.398 e. The first-order chi connectivity index (χ1) is 9.30. The zero-order valence-electron chi connectivity index (χ0n) is 10.5. The molecule has 0 unspecified atom stereocenters. The minimum absolute atomic E-state index is 0.163. The van der Waals surface area contributed by atoms with Crippen molar-refractivity contribution in [2.24, 2.45) is 0 Å². The van der Waals surface area contributed by atoms with Crippen LogP contribution in [0.25, 0.3) is 0 Å². The molecule has 20 heavy (non-hydrogen) atoms. The van der Waals surface area contributed by atoms with Gasteiger partial charge in [-0.2, -0.15) is 4.31 Å². The highest BCUT2D eigenvalue weighted by molar-refractivity contribution is 7.91. The van der Waals surface area contributed by atoms with Crippen LogP contribution in [0.15, 0.2) is 33.9 Å². The summed E-state index contributed by atoms with van der Waals surface area (Å²) < 4.78 is 26.1. The Labute approximate surface area is 131 Å². The topological polar surface area (TPSA) is 63.4 Å². The van der Waals surface area contributed by atoms with E-state index in [4.69, 9.17) is 28.9 Å². The second-order valence-corrected chi connectivity index (χ2v) is 8.22. The van der Waals surface area contributed by atoms with Crippen LogP contribution in [-0.2, 0) is 16.6 Å². The SMILES string of the molecule is CN(Cc1ccc(Cl)cc1Cl)S(=O)(=O)c1cc(N)cs1. The zero-order chi connectivity index (χ0) is 14.9. The third-order valence-electron chi connectivity index (χ3n) is 2.67. The normalized spacial score (nSPS) is 12.0. The van der Waals surface area contributed by atoms with E-state index in [1.165, 1.54) is 17.4 Å². The van der Waals surface area contributed by atoms with Gasteiger partial charge in [0.25, 0.3) is 10.0 Å². The van der Waals surface area contributed by atoms with Crippen molar-refractivity contribution in [3.05, 3.63) is 45.3 Å². The highest BCUT2D eigenvalue weighted by Gasteiger charge is 2.23. The molecule has 2 aromatic rings. The minimum Gasteiger partial charge on any atom is -0.398 e. The van der Waals surface area contributed by atoms with E-state index in [0.29, 0.717) is 21.3 Å². The molecule has 1 aromatic carbocycles. The average molecular weight is 351 g/mol. The smallest absolute Gasteiger partial charge is 0.252 e. The molecule has 2 N–H and O–H groups in total. The first kappa shape index (κ1) is 15.6. The quantitative estimate of drug-likeness (QED) is 0.918. The first-order valence-electron chi connectivity index (χ1n) is 5.55. The fraction of sp³-hybridized carbons (Fsp3) is 0.167. The van der Waals surface area contributed by atoms with Crippen LogP contribution in [0.3, 0.4) is 0 Å². The number of rotatable bonds is 4. The van der Waals surface area contributed by atoms with Crippen molar-refractivity contribution in [2.75, 3.05) is 12.8 Å². The van der Waals surface area contributed by atoms with Gasteiger partial charge >= 0.3 is 0 Å². The minimum atomic E-state index is -3.56. The summed E-state index contributed by atoms with van der Waals surface area (Å²) in [6.45, 7) is 0.163. The fourth-order valence-electron chi connectivity index (χ4n) is 1.59. The molecular formula is C12H12Cl2N2O2S2. The highest BCUT2D eigenvalue weighted by atomic mass is 35.5. The van der Waals surface area contributed by atoms with Gasteiger partial charge in [-0.15, -0.1) is 11.3 Å². The molecule has 0 amide bonds. The van der Waals surface area contributed by atoms with Crippen LogP contribution in [-0.4, -0.2) is 19.8 Å². The van der Waals surface area contributed by atoms with Crippen LogP contribution in [0.4, 0.5) is 5.69 Å². The summed E-state index contributed by atoms with van der Waals surface area (Å²) in [5.74, 6) is 0. The molecule has 0 atom stereocenters. The molecule has 0 aliphatic heterocycles. The Kier molecular flexibility index (Phi) is 4.61. The monoisotopic (exact) mass is 350 g/mol. The van der Waals surface area contributed by atoms with Crippen LogP contribution in [0.5, 0.6) is 0 Å². The van der Waals surface area contributed by atoms with E-state index >= 15 is 0 Å². The van der Waals surface area contributed by atoms with Crippen molar-refractivity contribution >= 4 is 50.2 Å². The Morgan fingerprint density at radius 3 is 2.55 bits per heavy atom. The molecule has 1 heterocycles. The van der Waals surface area contributed by atoms with E-state index < -0.39 is 10.0 Å². The van der Waals surface area contributed by atoms with Crippen LogP contribution < -0.4 is 5.73 Å². The van der Waals surface area contributed by atoms with Crippen molar-refractivity contribution < 1.29 is 8.42 Å². The number of thiophene rings is 1. The Bertz CT molecular complexity index is 729. The summed E-state index contributed by atoms with van der Waals surface area (Å²) in [6.07, 6.45) is 0. The maximum atomic E-state index is 12.3. The molecule has 0 saturated carbocycles. The van der Waals surface area contributed by atoms with Crippen LogP contribution >= 0.6 is 34.5 Å². The predicted molar refractivity (Wildman–Crippen MR) is 83.8 cm³/mol. The average Bonchev–Trinajstić information content (AvgIpc) is 2.80. The summed E-state index contributed by atoms with van der Waals surface area (Å²) >= 11 is 13.0. The number of anilines is 1. The van der Waals surface area contributed by atoms with Gasteiger partial charge in [0.05, 0.1) is 0 Å². The molecule has 0 radical (unpaired) electrons. The van der Waals surface area contributed by atoms with Gasteiger partial charge in [0.2, 0.25) is 0 Å². The van der Waals surface area contributed by atoms with Gasteiger partial charge in [0.1, 0.15) is 4.21 Å². The predicted octanol–water partition coefficient (Wildman–Crippen LogP) is 3.46. The van der Waals surface area contributed by atoms with E-state index in [1.807, 2.05) is 0 Å². The lowest BCUT2D eigenvalue weighted by molar-refractivity contribution is 0.468. The molecule has 1 aromatic heterocycles. The van der Waals surface area contributed by atoms with Crippen molar-refractivity contribution in [1.82, 2.24) is 4.31 Å². The summed E-state index contributed by atoms with van der Waals surface area (Å²) in [5, 5.41) is 2.54. The van der Waals surface area contributed by atoms with Crippen LogP contribution in [0, 0.1) is 0 Å². The maximum Gasteiger partial charge on any atom is 0.252 e. The molecule has 4 nitrogen and oxygen atoms in total. The lowest BCUT2D eigenvalue weighted by Gasteiger charge is -2.16. The first-order valence-corrected chi connectivity index (χ1v) is 8.62. The second-order valence-electron chi connectivity index (χ2n) is 4.20. The fourth-order valence-corrected chi connectivity index (χ4v) is 4.50. The van der Waals surface area contributed by atoms with Gasteiger partial charge < -0.3 is 5.73 Å². The van der Waals surface area contributed by atoms with Gasteiger partial charge in [-0.3, -0.25) is 0 Å². The molecule has 8 heteroatoms. The third-order valence-corrected chi connectivity index (χ3v) is 6.49. The number of nitrogens with two attached hydrogens (primary N) is 1. The molecule has 108 valence electrons. The summed E-state index contributed by atoms with van der Waals surface area (Å²) in [7, 11) is -2.07. The van der Waals surface area contributed by atoms with Crippen LogP contribution in [0.1, 0.15) is 5.56 Å².